The summed E-state index contributed by atoms with van der Waals surface area (Å²) in [6.07, 6.45) is 0. The molecule has 1 rings (SSSR count). The molecular formula is C15H26IN3O3. The molecule has 6 nitrogen and oxygen atoms in total. The van der Waals surface area contributed by atoms with E-state index in [2.05, 4.69) is 15.6 Å². The van der Waals surface area contributed by atoms with Gasteiger partial charge in [0.2, 0.25) is 0 Å². The van der Waals surface area contributed by atoms with Crippen LogP contribution in [0.5, 0.6) is 11.5 Å². The second kappa shape index (κ2) is 11.4. The smallest absolute Gasteiger partial charge is 0.191 e. The maximum Gasteiger partial charge on any atom is 0.191 e. The van der Waals surface area contributed by atoms with E-state index in [0.29, 0.717) is 30.4 Å². The molecule has 0 fully saturated rings. The largest absolute Gasteiger partial charge is 0.508 e. The summed E-state index contributed by atoms with van der Waals surface area (Å²) < 4.78 is 10.2. The number of aromatic hydroxyl groups is 1. The number of nitrogens with zero attached hydrogens (tertiary/aromatic N) is 1. The maximum absolute atomic E-state index is 9.85. The highest BCUT2D eigenvalue weighted by molar-refractivity contribution is 14.0. The zero-order valence-corrected chi connectivity index (χ0v) is 15.9. The van der Waals surface area contributed by atoms with E-state index >= 15 is 0 Å². The van der Waals surface area contributed by atoms with E-state index in [4.69, 9.17) is 9.47 Å². The lowest BCUT2D eigenvalue weighted by Gasteiger charge is -2.17. The van der Waals surface area contributed by atoms with E-state index in [1.807, 2.05) is 13.8 Å². The van der Waals surface area contributed by atoms with E-state index in [0.717, 1.165) is 6.54 Å². The Labute approximate surface area is 149 Å². The average Bonchev–Trinajstić information content (AvgIpc) is 2.46. The molecular weight excluding hydrogens is 397 g/mol. The maximum atomic E-state index is 9.85. The molecule has 0 aliphatic rings. The number of guanidine groups is 1. The Morgan fingerprint density at radius 1 is 1.36 bits per heavy atom. The number of aliphatic imine (C=N–C) groups is 1. The fourth-order valence-corrected chi connectivity index (χ4v) is 1.82. The number of hydrogen-bond acceptors (Lipinski definition) is 4. The molecule has 0 bridgehead atoms. The van der Waals surface area contributed by atoms with Crippen LogP contribution >= 0.6 is 24.0 Å². The van der Waals surface area contributed by atoms with Crippen LogP contribution in [0.15, 0.2) is 23.2 Å². The van der Waals surface area contributed by atoms with Crippen molar-refractivity contribution in [1.29, 1.82) is 0 Å². The Morgan fingerprint density at radius 2 is 2.09 bits per heavy atom. The molecule has 3 N–H and O–H groups in total. The van der Waals surface area contributed by atoms with Crippen LogP contribution in [0, 0.1) is 0 Å². The first kappa shape index (κ1) is 20.8. The second-order valence-electron chi connectivity index (χ2n) is 4.69. The summed E-state index contributed by atoms with van der Waals surface area (Å²) in [5.74, 6) is 1.59. The molecule has 0 spiro atoms. The molecule has 0 saturated carbocycles. The lowest BCUT2D eigenvalue weighted by molar-refractivity contribution is 0.179. The molecule has 0 heterocycles. The quantitative estimate of drug-likeness (QED) is 0.356. The Hall–Kier alpha value is -1.22. The minimum absolute atomic E-state index is 0. The number of phenols is 1. The van der Waals surface area contributed by atoms with E-state index in [9.17, 15) is 5.11 Å². The summed E-state index contributed by atoms with van der Waals surface area (Å²) in [6, 6.07) is 5.25. The van der Waals surface area contributed by atoms with Gasteiger partial charge in [0.1, 0.15) is 11.5 Å². The van der Waals surface area contributed by atoms with Crippen molar-refractivity contribution in [2.75, 3.05) is 27.4 Å². The lowest BCUT2D eigenvalue weighted by Crippen LogP contribution is -2.43. The van der Waals surface area contributed by atoms with Crippen LogP contribution in [0.2, 0.25) is 0 Å². The zero-order valence-electron chi connectivity index (χ0n) is 13.5. The van der Waals surface area contributed by atoms with Gasteiger partial charge in [-0.3, -0.25) is 0 Å². The third-order valence-electron chi connectivity index (χ3n) is 2.84. The van der Waals surface area contributed by atoms with Gasteiger partial charge in [-0.05, 0) is 32.0 Å². The van der Waals surface area contributed by atoms with Crippen LogP contribution in [0.3, 0.4) is 0 Å². The van der Waals surface area contributed by atoms with Crippen molar-refractivity contribution in [2.24, 2.45) is 4.99 Å². The highest BCUT2D eigenvalue weighted by atomic mass is 127. The van der Waals surface area contributed by atoms with Crippen LogP contribution in [-0.4, -0.2) is 44.5 Å². The minimum Gasteiger partial charge on any atom is -0.508 e. The highest BCUT2D eigenvalue weighted by Crippen LogP contribution is 2.23. The number of rotatable bonds is 7. The molecule has 22 heavy (non-hydrogen) atoms. The summed E-state index contributed by atoms with van der Waals surface area (Å²) in [4.78, 5) is 4.47. The second-order valence-corrected chi connectivity index (χ2v) is 4.69. The molecule has 0 saturated heterocycles. The number of halogens is 1. The zero-order chi connectivity index (χ0) is 15.7. The Balaban J connectivity index is 0.00000441. The predicted molar refractivity (Wildman–Crippen MR) is 99.4 cm³/mol. The van der Waals surface area contributed by atoms with Gasteiger partial charge in [0.15, 0.2) is 5.96 Å². The van der Waals surface area contributed by atoms with Crippen molar-refractivity contribution in [3.8, 4) is 11.5 Å². The Morgan fingerprint density at radius 3 is 2.68 bits per heavy atom. The fraction of sp³-hybridized carbons (Fsp3) is 0.533. The van der Waals surface area contributed by atoms with Crippen molar-refractivity contribution >= 4 is 29.9 Å². The number of methoxy groups -OCH3 is 2. The SMILES string of the molecule is CCNC(=NCc1cc(OC)ccc1O)NC(C)COC.I. The molecule has 1 aromatic rings. The molecule has 126 valence electrons. The van der Waals surface area contributed by atoms with Gasteiger partial charge in [-0.2, -0.15) is 0 Å². The molecule has 0 amide bonds. The topological polar surface area (TPSA) is 75.1 Å². The highest BCUT2D eigenvalue weighted by Gasteiger charge is 2.06. The summed E-state index contributed by atoms with van der Waals surface area (Å²) in [7, 11) is 3.26. The normalized spacial score (nSPS) is 12.3. The van der Waals surface area contributed by atoms with Crippen LogP contribution in [0.25, 0.3) is 0 Å². The first-order valence-corrected chi connectivity index (χ1v) is 7.00. The van der Waals surface area contributed by atoms with Crippen LogP contribution in [-0.2, 0) is 11.3 Å². The lowest BCUT2D eigenvalue weighted by atomic mass is 10.2. The van der Waals surface area contributed by atoms with Gasteiger partial charge < -0.3 is 25.2 Å². The van der Waals surface area contributed by atoms with Gasteiger partial charge in [0.25, 0.3) is 0 Å². The van der Waals surface area contributed by atoms with Gasteiger partial charge in [0, 0.05) is 25.3 Å². The summed E-state index contributed by atoms with van der Waals surface area (Å²) in [5.41, 5.74) is 0.714. The number of benzene rings is 1. The molecule has 1 unspecified atom stereocenters. The van der Waals surface area contributed by atoms with Gasteiger partial charge >= 0.3 is 0 Å². The number of ether oxygens (including phenoxy) is 2. The van der Waals surface area contributed by atoms with Gasteiger partial charge in [-0.1, -0.05) is 0 Å². The molecule has 0 aliphatic heterocycles. The van der Waals surface area contributed by atoms with Crippen molar-refractivity contribution in [2.45, 2.75) is 26.4 Å². The summed E-state index contributed by atoms with van der Waals surface area (Å²) in [5, 5.41) is 16.3. The summed E-state index contributed by atoms with van der Waals surface area (Å²) in [6.45, 7) is 5.73. The van der Waals surface area contributed by atoms with Crippen LogP contribution in [0.4, 0.5) is 0 Å². The van der Waals surface area contributed by atoms with Gasteiger partial charge in [0.05, 0.1) is 20.3 Å². The van der Waals surface area contributed by atoms with Crippen molar-refractivity contribution in [3.05, 3.63) is 23.8 Å². The fourth-order valence-electron chi connectivity index (χ4n) is 1.82. The molecule has 1 atom stereocenters. The van der Waals surface area contributed by atoms with Gasteiger partial charge in [-0.15, -0.1) is 24.0 Å². The standard InChI is InChI=1S/C15H25N3O3.HI/c1-5-16-15(18-11(2)10-20-3)17-9-12-8-13(21-4)6-7-14(12)19;/h6-8,11,19H,5,9-10H2,1-4H3,(H2,16,17,18);1H. The van der Waals surface area contributed by atoms with E-state index < -0.39 is 0 Å². The van der Waals surface area contributed by atoms with E-state index in [-0.39, 0.29) is 35.8 Å². The molecule has 1 aromatic carbocycles. The Kier molecular flexibility index (Phi) is 10.7. The Bertz CT molecular complexity index is 469. The van der Waals surface area contributed by atoms with Crippen LogP contribution < -0.4 is 15.4 Å². The predicted octanol–water partition coefficient (Wildman–Crippen LogP) is 2.11. The monoisotopic (exact) mass is 423 g/mol. The number of hydrogen-bond donors (Lipinski definition) is 3. The average molecular weight is 423 g/mol. The van der Waals surface area contributed by atoms with Crippen molar-refractivity contribution in [1.82, 2.24) is 10.6 Å². The minimum atomic E-state index is 0. The first-order chi connectivity index (χ1) is 10.1. The van der Waals surface area contributed by atoms with Crippen LogP contribution in [0.1, 0.15) is 19.4 Å². The molecule has 0 aromatic heterocycles. The molecule has 0 radical (unpaired) electrons. The number of phenolic OH excluding ortho intramolecular Hbond substituents is 1. The van der Waals surface area contributed by atoms with E-state index in [1.54, 1.807) is 32.4 Å². The molecule has 7 heteroatoms. The van der Waals surface area contributed by atoms with Crippen molar-refractivity contribution in [3.63, 3.8) is 0 Å². The van der Waals surface area contributed by atoms with E-state index in [1.165, 1.54) is 0 Å². The third-order valence-corrected chi connectivity index (χ3v) is 2.84. The molecule has 0 aliphatic carbocycles. The van der Waals surface area contributed by atoms with Gasteiger partial charge in [-0.25, -0.2) is 4.99 Å². The first-order valence-electron chi connectivity index (χ1n) is 7.00. The summed E-state index contributed by atoms with van der Waals surface area (Å²) >= 11 is 0. The number of nitrogens with one attached hydrogen (secondary N) is 2. The third kappa shape index (κ3) is 7.17. The van der Waals surface area contributed by atoms with Crippen molar-refractivity contribution < 1.29 is 14.6 Å².